The molecular formula is C15H19Cl4N3. The van der Waals surface area contributed by atoms with Gasteiger partial charge in [0.25, 0.3) is 0 Å². The van der Waals surface area contributed by atoms with Gasteiger partial charge in [-0.3, -0.25) is 9.88 Å². The van der Waals surface area contributed by atoms with Gasteiger partial charge in [0.15, 0.2) is 0 Å². The van der Waals surface area contributed by atoms with Gasteiger partial charge in [0.2, 0.25) is 0 Å². The quantitative estimate of drug-likeness (QED) is 0.681. The number of benzene rings is 1. The maximum atomic E-state index is 6.28. The largest absolute Gasteiger partial charge is 0.383 e. The van der Waals surface area contributed by atoms with Crippen molar-refractivity contribution in [2.45, 2.75) is 0 Å². The molecule has 1 heterocycles. The number of rotatable bonds is 8. The van der Waals surface area contributed by atoms with Crippen LogP contribution < -0.4 is 5.32 Å². The molecule has 0 fully saturated rings. The van der Waals surface area contributed by atoms with Crippen LogP contribution >= 0.6 is 47.2 Å². The predicted molar refractivity (Wildman–Crippen MR) is 100 cm³/mol. The SMILES string of the molecule is Cl.ClCCN(CCCl)CCNc1ccnc2cccc(Cl)c12. The van der Waals surface area contributed by atoms with Crippen molar-refractivity contribution in [3.63, 3.8) is 0 Å². The first-order valence-corrected chi connectivity index (χ1v) is 8.32. The van der Waals surface area contributed by atoms with Crippen LogP contribution in [0.25, 0.3) is 10.9 Å². The van der Waals surface area contributed by atoms with Crippen molar-refractivity contribution >= 4 is 63.8 Å². The Morgan fingerprint density at radius 1 is 1.05 bits per heavy atom. The third-order valence-electron chi connectivity index (χ3n) is 3.26. The van der Waals surface area contributed by atoms with Gasteiger partial charge in [-0.15, -0.1) is 35.6 Å². The van der Waals surface area contributed by atoms with Crippen LogP contribution in [0.1, 0.15) is 0 Å². The van der Waals surface area contributed by atoms with E-state index in [9.17, 15) is 0 Å². The van der Waals surface area contributed by atoms with Gasteiger partial charge in [-0.1, -0.05) is 17.7 Å². The van der Waals surface area contributed by atoms with Gasteiger partial charge in [-0.25, -0.2) is 0 Å². The van der Waals surface area contributed by atoms with Crippen LogP contribution in [0.4, 0.5) is 5.69 Å². The molecule has 0 aliphatic heterocycles. The number of alkyl halides is 2. The van der Waals surface area contributed by atoms with E-state index in [1.165, 1.54) is 0 Å². The van der Waals surface area contributed by atoms with E-state index in [-0.39, 0.29) is 12.4 Å². The average molecular weight is 383 g/mol. The molecule has 0 amide bonds. The highest BCUT2D eigenvalue weighted by Crippen LogP contribution is 2.28. The Labute approximate surface area is 152 Å². The summed E-state index contributed by atoms with van der Waals surface area (Å²) >= 11 is 17.9. The van der Waals surface area contributed by atoms with Crippen molar-refractivity contribution in [3.8, 4) is 0 Å². The number of aromatic nitrogens is 1. The summed E-state index contributed by atoms with van der Waals surface area (Å²) in [5, 5.41) is 5.09. The van der Waals surface area contributed by atoms with Gasteiger partial charge in [-0.05, 0) is 18.2 Å². The third kappa shape index (κ3) is 5.32. The summed E-state index contributed by atoms with van der Waals surface area (Å²) in [4.78, 5) is 6.57. The van der Waals surface area contributed by atoms with E-state index in [4.69, 9.17) is 34.8 Å². The Kier molecular flexibility index (Phi) is 9.22. The summed E-state index contributed by atoms with van der Waals surface area (Å²) in [6.07, 6.45) is 1.79. The molecule has 0 saturated heterocycles. The first kappa shape index (κ1) is 19.6. The molecule has 0 radical (unpaired) electrons. The average Bonchev–Trinajstić information content (AvgIpc) is 2.48. The van der Waals surface area contributed by atoms with Crippen LogP contribution in [0.5, 0.6) is 0 Å². The minimum atomic E-state index is 0. The van der Waals surface area contributed by atoms with Gasteiger partial charge in [-0.2, -0.15) is 0 Å². The topological polar surface area (TPSA) is 28.2 Å². The third-order valence-corrected chi connectivity index (χ3v) is 3.91. The van der Waals surface area contributed by atoms with Crippen LogP contribution in [-0.4, -0.2) is 47.8 Å². The number of nitrogens with zero attached hydrogens (tertiary/aromatic N) is 2. The molecule has 0 saturated carbocycles. The standard InChI is InChI=1S/C15H18Cl3N3.ClH/c16-5-9-21(10-6-17)11-8-20-14-4-7-19-13-3-1-2-12(18)15(13)14;/h1-4,7H,5-6,8-11H2,(H,19,20);1H. The maximum Gasteiger partial charge on any atom is 0.0737 e. The zero-order valence-corrected chi connectivity index (χ0v) is 15.2. The lowest BCUT2D eigenvalue weighted by atomic mass is 10.2. The summed E-state index contributed by atoms with van der Waals surface area (Å²) < 4.78 is 0. The minimum Gasteiger partial charge on any atom is -0.383 e. The zero-order chi connectivity index (χ0) is 15.1. The van der Waals surface area contributed by atoms with E-state index in [2.05, 4.69) is 15.2 Å². The van der Waals surface area contributed by atoms with Gasteiger partial charge in [0.05, 0.1) is 10.5 Å². The van der Waals surface area contributed by atoms with Crippen LogP contribution in [0.15, 0.2) is 30.5 Å². The molecule has 1 aromatic heterocycles. The normalized spacial score (nSPS) is 10.7. The number of nitrogens with one attached hydrogen (secondary N) is 1. The first-order valence-electron chi connectivity index (χ1n) is 6.87. The Morgan fingerprint density at radius 2 is 1.77 bits per heavy atom. The molecule has 7 heteroatoms. The molecule has 2 aromatic rings. The van der Waals surface area contributed by atoms with E-state index in [1.807, 2.05) is 24.3 Å². The molecule has 2 rings (SSSR count). The lowest BCUT2D eigenvalue weighted by molar-refractivity contribution is 0.319. The van der Waals surface area contributed by atoms with Gasteiger partial charge in [0.1, 0.15) is 0 Å². The van der Waals surface area contributed by atoms with Crippen molar-refractivity contribution in [1.29, 1.82) is 0 Å². The molecule has 22 heavy (non-hydrogen) atoms. The van der Waals surface area contributed by atoms with Crippen LogP contribution in [-0.2, 0) is 0 Å². The van der Waals surface area contributed by atoms with Crippen molar-refractivity contribution in [3.05, 3.63) is 35.5 Å². The fourth-order valence-corrected chi connectivity index (χ4v) is 2.98. The van der Waals surface area contributed by atoms with Crippen molar-refractivity contribution in [1.82, 2.24) is 9.88 Å². The zero-order valence-electron chi connectivity index (χ0n) is 12.1. The van der Waals surface area contributed by atoms with Crippen molar-refractivity contribution < 1.29 is 0 Å². The summed E-state index contributed by atoms with van der Waals surface area (Å²) in [7, 11) is 0. The van der Waals surface area contributed by atoms with E-state index in [0.29, 0.717) is 16.8 Å². The Bertz CT molecular complexity index is 568. The first-order chi connectivity index (χ1) is 10.3. The van der Waals surface area contributed by atoms with E-state index < -0.39 is 0 Å². The summed E-state index contributed by atoms with van der Waals surface area (Å²) in [6.45, 7) is 3.37. The minimum absolute atomic E-state index is 0. The van der Waals surface area contributed by atoms with E-state index >= 15 is 0 Å². The fourth-order valence-electron chi connectivity index (χ4n) is 2.23. The predicted octanol–water partition coefficient (Wildman–Crippen LogP) is 4.50. The molecule has 0 aliphatic carbocycles. The number of fused-ring (bicyclic) bond motifs is 1. The molecule has 1 aromatic carbocycles. The lowest BCUT2D eigenvalue weighted by Gasteiger charge is -2.20. The van der Waals surface area contributed by atoms with E-state index in [0.717, 1.165) is 42.8 Å². The van der Waals surface area contributed by atoms with Gasteiger partial charge < -0.3 is 5.32 Å². The highest BCUT2D eigenvalue weighted by Gasteiger charge is 2.07. The Balaban J connectivity index is 0.00000242. The highest BCUT2D eigenvalue weighted by atomic mass is 35.5. The smallest absolute Gasteiger partial charge is 0.0737 e. The summed E-state index contributed by atoms with van der Waals surface area (Å²) in [6, 6.07) is 7.69. The molecule has 1 N–H and O–H groups in total. The molecule has 0 atom stereocenters. The number of hydrogen-bond acceptors (Lipinski definition) is 3. The van der Waals surface area contributed by atoms with Gasteiger partial charge >= 0.3 is 0 Å². The Morgan fingerprint density at radius 3 is 2.45 bits per heavy atom. The number of anilines is 1. The van der Waals surface area contributed by atoms with Crippen LogP contribution in [0.3, 0.4) is 0 Å². The van der Waals surface area contributed by atoms with Crippen LogP contribution in [0, 0.1) is 0 Å². The fraction of sp³-hybridized carbons (Fsp3) is 0.400. The summed E-state index contributed by atoms with van der Waals surface area (Å²) in [5.74, 6) is 1.22. The monoisotopic (exact) mass is 381 g/mol. The maximum absolute atomic E-state index is 6.28. The number of halogens is 4. The second-order valence-electron chi connectivity index (χ2n) is 4.64. The molecule has 122 valence electrons. The molecule has 0 aliphatic rings. The Hall–Kier alpha value is -0.450. The van der Waals surface area contributed by atoms with Crippen LogP contribution in [0.2, 0.25) is 5.02 Å². The number of hydrogen-bond donors (Lipinski definition) is 1. The molecule has 3 nitrogen and oxygen atoms in total. The summed E-state index contributed by atoms with van der Waals surface area (Å²) in [5.41, 5.74) is 1.90. The molecular weight excluding hydrogens is 364 g/mol. The molecule has 0 unspecified atom stereocenters. The second kappa shape index (κ2) is 10.3. The number of pyridine rings is 1. The van der Waals surface area contributed by atoms with Crippen molar-refractivity contribution in [2.24, 2.45) is 0 Å². The van der Waals surface area contributed by atoms with E-state index in [1.54, 1.807) is 6.20 Å². The second-order valence-corrected chi connectivity index (χ2v) is 5.80. The van der Waals surface area contributed by atoms with Crippen molar-refractivity contribution in [2.75, 3.05) is 43.3 Å². The molecule has 0 spiro atoms. The lowest BCUT2D eigenvalue weighted by Crippen LogP contribution is -2.32. The highest BCUT2D eigenvalue weighted by molar-refractivity contribution is 6.36. The van der Waals surface area contributed by atoms with Gasteiger partial charge in [0, 0.05) is 55.2 Å². The molecule has 0 bridgehead atoms.